The number of hydrogen-bond acceptors (Lipinski definition) is 4. The fraction of sp³-hybridized carbons (Fsp3) is 0.235. The maximum atomic E-state index is 13.0. The Hall–Kier alpha value is -1.83. The second kappa shape index (κ2) is 7.82. The zero-order valence-electron chi connectivity index (χ0n) is 13.9. The highest BCUT2D eigenvalue weighted by molar-refractivity contribution is 8.00. The molecule has 5 nitrogen and oxygen atoms in total. The van der Waals surface area contributed by atoms with Crippen LogP contribution >= 0.6 is 35.0 Å². The summed E-state index contributed by atoms with van der Waals surface area (Å²) in [5.41, 5.74) is 1.30. The van der Waals surface area contributed by atoms with Crippen molar-refractivity contribution in [2.45, 2.75) is 30.3 Å². The first-order valence-electron chi connectivity index (χ1n) is 7.77. The third kappa shape index (κ3) is 4.11. The van der Waals surface area contributed by atoms with Gasteiger partial charge in [-0.15, -0.1) is 10.2 Å². The smallest absolute Gasteiger partial charge is 0.233 e. The molecule has 3 aromatic rings. The summed E-state index contributed by atoms with van der Waals surface area (Å²) in [6.45, 7) is 3.61. The lowest BCUT2D eigenvalue weighted by atomic mass is 10.1. The molecule has 2 atom stereocenters. The maximum Gasteiger partial charge on any atom is 0.233 e. The number of thioether (sulfide) groups is 1. The largest absolute Gasteiger partial charge is 0.349 e. The highest BCUT2D eigenvalue weighted by Crippen LogP contribution is 2.27. The predicted octanol–water partition coefficient (Wildman–Crippen LogP) is 4.53. The topological polar surface area (TPSA) is 59.3 Å². The molecule has 0 aliphatic carbocycles. The lowest BCUT2D eigenvalue weighted by molar-refractivity contribution is -0.120. The monoisotopic (exact) mass is 412 g/mol. The number of fused-ring (bicyclic) bond motifs is 1. The zero-order valence-corrected chi connectivity index (χ0v) is 16.2. The van der Waals surface area contributed by atoms with Crippen LogP contribution in [0.1, 0.15) is 25.5 Å². The molecule has 2 aromatic heterocycles. The number of nitrogens with zero attached hydrogens (tertiary/aromatic N) is 3. The van der Waals surface area contributed by atoms with Gasteiger partial charge in [0.05, 0.1) is 21.3 Å². The van der Waals surface area contributed by atoms with Crippen LogP contribution in [-0.4, -0.2) is 25.8 Å². The summed E-state index contributed by atoms with van der Waals surface area (Å²) in [5, 5.41) is 11.9. The van der Waals surface area contributed by atoms with Crippen molar-refractivity contribution in [2.24, 2.45) is 0 Å². The van der Waals surface area contributed by atoms with Crippen LogP contribution in [0, 0.1) is 5.82 Å². The van der Waals surface area contributed by atoms with Crippen molar-refractivity contribution in [1.29, 1.82) is 0 Å². The van der Waals surface area contributed by atoms with E-state index in [1.807, 2.05) is 6.92 Å². The Balaban J connectivity index is 1.70. The van der Waals surface area contributed by atoms with Crippen LogP contribution in [0.4, 0.5) is 4.39 Å². The molecule has 0 radical (unpaired) electrons. The normalized spacial score (nSPS) is 13.6. The molecule has 2 unspecified atom stereocenters. The Morgan fingerprint density at radius 3 is 2.62 bits per heavy atom. The summed E-state index contributed by atoms with van der Waals surface area (Å²) in [6, 6.07) is 7.37. The van der Waals surface area contributed by atoms with Crippen LogP contribution in [0.2, 0.25) is 10.0 Å². The van der Waals surface area contributed by atoms with Gasteiger partial charge in [-0.3, -0.25) is 9.20 Å². The minimum absolute atomic E-state index is 0.170. The molecule has 1 N–H and O–H groups in total. The summed E-state index contributed by atoms with van der Waals surface area (Å²) >= 11 is 13.4. The highest BCUT2D eigenvalue weighted by Gasteiger charge is 2.20. The first-order valence-corrected chi connectivity index (χ1v) is 9.41. The Morgan fingerprint density at radius 2 is 1.92 bits per heavy atom. The van der Waals surface area contributed by atoms with E-state index in [4.69, 9.17) is 23.2 Å². The number of carbonyl (C=O) groups excluding carboxylic acids is 1. The molecule has 9 heteroatoms. The molecule has 2 heterocycles. The minimum Gasteiger partial charge on any atom is -0.349 e. The first-order chi connectivity index (χ1) is 12.3. The van der Waals surface area contributed by atoms with E-state index >= 15 is 0 Å². The fourth-order valence-corrected chi connectivity index (χ4v) is 3.70. The van der Waals surface area contributed by atoms with Gasteiger partial charge in [-0.05, 0) is 37.6 Å². The highest BCUT2D eigenvalue weighted by atomic mass is 35.5. The van der Waals surface area contributed by atoms with E-state index in [-0.39, 0.29) is 17.8 Å². The summed E-state index contributed by atoms with van der Waals surface area (Å²) in [7, 11) is 0. The Kier molecular flexibility index (Phi) is 5.70. The van der Waals surface area contributed by atoms with Gasteiger partial charge in [0.1, 0.15) is 5.82 Å². The van der Waals surface area contributed by atoms with Gasteiger partial charge in [-0.25, -0.2) is 4.39 Å². The van der Waals surface area contributed by atoms with E-state index in [0.29, 0.717) is 20.8 Å². The lowest BCUT2D eigenvalue weighted by Gasteiger charge is -2.17. The number of pyridine rings is 1. The van der Waals surface area contributed by atoms with E-state index in [2.05, 4.69) is 15.5 Å². The number of carbonyl (C=O) groups is 1. The number of amides is 1. The number of nitrogens with one attached hydrogen (secondary N) is 1. The number of rotatable bonds is 5. The van der Waals surface area contributed by atoms with Crippen molar-refractivity contribution in [3.05, 3.63) is 58.0 Å². The van der Waals surface area contributed by atoms with Crippen molar-refractivity contribution in [1.82, 2.24) is 19.9 Å². The van der Waals surface area contributed by atoms with Gasteiger partial charge in [-0.1, -0.05) is 47.1 Å². The molecule has 0 saturated heterocycles. The van der Waals surface area contributed by atoms with Crippen LogP contribution < -0.4 is 5.32 Å². The molecule has 1 amide bonds. The average Bonchev–Trinajstić information content (AvgIpc) is 2.98. The van der Waals surface area contributed by atoms with Gasteiger partial charge in [0, 0.05) is 6.20 Å². The Morgan fingerprint density at radius 1 is 1.23 bits per heavy atom. The average molecular weight is 413 g/mol. The second-order valence-electron chi connectivity index (χ2n) is 5.72. The number of hydrogen-bond donors (Lipinski definition) is 1. The Labute approximate surface area is 163 Å². The van der Waals surface area contributed by atoms with Crippen LogP contribution in [0.25, 0.3) is 5.65 Å². The fourth-order valence-electron chi connectivity index (χ4n) is 2.36. The van der Waals surface area contributed by atoms with Crippen molar-refractivity contribution < 1.29 is 9.18 Å². The zero-order chi connectivity index (χ0) is 18.8. The Bertz CT molecular complexity index is 948. The number of benzene rings is 1. The van der Waals surface area contributed by atoms with Crippen molar-refractivity contribution >= 4 is 46.5 Å². The molecule has 0 saturated carbocycles. The molecule has 136 valence electrons. The summed E-state index contributed by atoms with van der Waals surface area (Å²) in [4.78, 5) is 12.5. The van der Waals surface area contributed by atoms with Crippen LogP contribution in [0.5, 0.6) is 0 Å². The second-order valence-corrected chi connectivity index (χ2v) is 7.88. The lowest BCUT2D eigenvalue weighted by Crippen LogP contribution is -2.33. The van der Waals surface area contributed by atoms with Crippen molar-refractivity contribution in [3.8, 4) is 0 Å². The molecular weight excluding hydrogens is 398 g/mol. The third-order valence-electron chi connectivity index (χ3n) is 3.78. The molecule has 1 aromatic carbocycles. The standard InChI is InChI=1S/C17H15Cl2FN4OS/c1-9(11-3-5-13(20)6-4-11)21-16(25)10(2)26-17-23-22-15-14(19)7-12(18)8-24(15)17/h3-10H,1-2H3,(H,21,25). The molecule has 3 rings (SSSR count). The van der Waals surface area contributed by atoms with E-state index < -0.39 is 5.25 Å². The molecule has 0 spiro atoms. The van der Waals surface area contributed by atoms with E-state index in [9.17, 15) is 9.18 Å². The number of aromatic nitrogens is 3. The van der Waals surface area contributed by atoms with Gasteiger partial charge < -0.3 is 5.32 Å². The molecular formula is C17H15Cl2FN4OS. The van der Waals surface area contributed by atoms with Crippen LogP contribution in [0.15, 0.2) is 41.7 Å². The molecule has 0 bridgehead atoms. The van der Waals surface area contributed by atoms with Gasteiger partial charge in [0.25, 0.3) is 0 Å². The molecule has 0 aliphatic heterocycles. The quantitative estimate of drug-likeness (QED) is 0.625. The van der Waals surface area contributed by atoms with E-state index in [0.717, 1.165) is 5.56 Å². The van der Waals surface area contributed by atoms with Gasteiger partial charge in [0.2, 0.25) is 5.91 Å². The predicted molar refractivity (Wildman–Crippen MR) is 101 cm³/mol. The van der Waals surface area contributed by atoms with Gasteiger partial charge in [0.15, 0.2) is 10.8 Å². The molecule has 0 fully saturated rings. The van der Waals surface area contributed by atoms with Gasteiger partial charge >= 0.3 is 0 Å². The van der Waals surface area contributed by atoms with Crippen LogP contribution in [-0.2, 0) is 4.79 Å². The van der Waals surface area contributed by atoms with Crippen LogP contribution in [0.3, 0.4) is 0 Å². The minimum atomic E-state index is -0.428. The van der Waals surface area contributed by atoms with E-state index in [1.54, 1.807) is 35.7 Å². The van der Waals surface area contributed by atoms with Gasteiger partial charge in [-0.2, -0.15) is 0 Å². The maximum absolute atomic E-state index is 13.0. The molecule has 26 heavy (non-hydrogen) atoms. The van der Waals surface area contributed by atoms with Crippen molar-refractivity contribution in [2.75, 3.05) is 0 Å². The summed E-state index contributed by atoms with van der Waals surface area (Å²) in [6.07, 6.45) is 1.65. The van der Waals surface area contributed by atoms with Crippen molar-refractivity contribution in [3.63, 3.8) is 0 Å². The first kappa shape index (κ1) is 18.9. The SMILES string of the molecule is CC(Sc1nnc2c(Cl)cc(Cl)cn12)C(=O)NC(C)c1ccc(F)cc1. The third-order valence-corrected chi connectivity index (χ3v) is 5.32. The summed E-state index contributed by atoms with van der Waals surface area (Å²) < 4.78 is 14.7. The summed E-state index contributed by atoms with van der Waals surface area (Å²) in [5.74, 6) is -0.482. The number of halogens is 3. The molecule has 0 aliphatic rings. The van der Waals surface area contributed by atoms with E-state index in [1.165, 1.54) is 23.9 Å².